The van der Waals surface area contributed by atoms with Gasteiger partial charge in [0.05, 0.1) is 0 Å². The van der Waals surface area contributed by atoms with Gasteiger partial charge in [-0.3, -0.25) is 4.79 Å². The first-order chi connectivity index (χ1) is 9.51. The summed E-state index contributed by atoms with van der Waals surface area (Å²) in [5.74, 6) is -3.00. The standard InChI is InChI=1S/C14H11F3N2O/c1-18-13-11(16)5-8(6-12(13)17)14(20)19-10-4-2-3-9(15)7-10/h2-7,18H,1H3,(H,19,20). The lowest BCUT2D eigenvalue weighted by molar-refractivity contribution is 0.102. The molecule has 0 spiro atoms. The fraction of sp³-hybridized carbons (Fsp3) is 0.0714. The first-order valence-corrected chi connectivity index (χ1v) is 5.75. The van der Waals surface area contributed by atoms with E-state index in [-0.39, 0.29) is 16.9 Å². The van der Waals surface area contributed by atoms with Gasteiger partial charge < -0.3 is 10.6 Å². The summed E-state index contributed by atoms with van der Waals surface area (Å²) in [7, 11) is 1.37. The number of carbonyl (C=O) groups is 1. The van der Waals surface area contributed by atoms with Gasteiger partial charge in [-0.15, -0.1) is 0 Å². The Labute approximate surface area is 113 Å². The molecule has 2 aromatic carbocycles. The molecule has 0 heterocycles. The predicted molar refractivity (Wildman–Crippen MR) is 70.3 cm³/mol. The summed E-state index contributed by atoms with van der Waals surface area (Å²) >= 11 is 0. The zero-order valence-corrected chi connectivity index (χ0v) is 10.5. The van der Waals surface area contributed by atoms with Crippen molar-refractivity contribution < 1.29 is 18.0 Å². The maximum absolute atomic E-state index is 13.5. The van der Waals surface area contributed by atoms with Gasteiger partial charge in [-0.1, -0.05) is 6.07 Å². The van der Waals surface area contributed by atoms with Crippen molar-refractivity contribution >= 4 is 17.3 Å². The van der Waals surface area contributed by atoms with Crippen LogP contribution in [0.1, 0.15) is 10.4 Å². The van der Waals surface area contributed by atoms with E-state index in [1.165, 1.54) is 25.2 Å². The Kier molecular flexibility index (Phi) is 3.93. The number of hydrogen-bond donors (Lipinski definition) is 2. The van der Waals surface area contributed by atoms with E-state index < -0.39 is 23.4 Å². The van der Waals surface area contributed by atoms with Crippen molar-refractivity contribution in [2.45, 2.75) is 0 Å². The normalized spacial score (nSPS) is 10.2. The third kappa shape index (κ3) is 2.90. The second-order valence-electron chi connectivity index (χ2n) is 4.03. The molecule has 0 fully saturated rings. The molecule has 0 saturated carbocycles. The Morgan fingerprint density at radius 2 is 1.70 bits per heavy atom. The predicted octanol–water partition coefficient (Wildman–Crippen LogP) is 3.40. The van der Waals surface area contributed by atoms with Crippen LogP contribution >= 0.6 is 0 Å². The minimum Gasteiger partial charge on any atom is -0.383 e. The quantitative estimate of drug-likeness (QED) is 0.904. The third-order valence-corrected chi connectivity index (χ3v) is 2.64. The van der Waals surface area contributed by atoms with E-state index in [1.807, 2.05) is 0 Å². The highest BCUT2D eigenvalue weighted by atomic mass is 19.1. The molecule has 0 saturated heterocycles. The van der Waals surface area contributed by atoms with E-state index in [1.54, 1.807) is 0 Å². The van der Waals surface area contributed by atoms with E-state index in [4.69, 9.17) is 0 Å². The third-order valence-electron chi connectivity index (χ3n) is 2.64. The van der Waals surface area contributed by atoms with E-state index in [9.17, 15) is 18.0 Å². The van der Waals surface area contributed by atoms with Gasteiger partial charge in [0.1, 0.15) is 23.1 Å². The lowest BCUT2D eigenvalue weighted by Crippen LogP contribution is -2.13. The number of halogens is 3. The van der Waals surface area contributed by atoms with Crippen molar-refractivity contribution in [2.24, 2.45) is 0 Å². The van der Waals surface area contributed by atoms with Gasteiger partial charge in [0.15, 0.2) is 0 Å². The fourth-order valence-corrected chi connectivity index (χ4v) is 1.71. The van der Waals surface area contributed by atoms with Crippen LogP contribution in [0.5, 0.6) is 0 Å². The number of rotatable bonds is 3. The second kappa shape index (κ2) is 5.64. The Bertz CT molecular complexity index is 636. The smallest absolute Gasteiger partial charge is 0.255 e. The van der Waals surface area contributed by atoms with Crippen molar-refractivity contribution in [2.75, 3.05) is 17.7 Å². The number of anilines is 2. The first kappa shape index (κ1) is 13.9. The maximum Gasteiger partial charge on any atom is 0.255 e. The Morgan fingerprint density at radius 1 is 1.05 bits per heavy atom. The molecule has 0 aliphatic heterocycles. The van der Waals surface area contributed by atoms with Crippen LogP contribution in [-0.4, -0.2) is 13.0 Å². The summed E-state index contributed by atoms with van der Waals surface area (Å²) < 4.78 is 40.0. The van der Waals surface area contributed by atoms with Crippen LogP contribution in [0.2, 0.25) is 0 Å². The van der Waals surface area contributed by atoms with Crippen molar-refractivity contribution in [3.05, 3.63) is 59.4 Å². The van der Waals surface area contributed by atoms with Crippen molar-refractivity contribution in [3.8, 4) is 0 Å². The summed E-state index contributed by atoms with van der Waals surface area (Å²) in [5.41, 5.74) is -0.302. The molecular weight excluding hydrogens is 269 g/mol. The van der Waals surface area contributed by atoms with Gasteiger partial charge >= 0.3 is 0 Å². The van der Waals surface area contributed by atoms with E-state index in [0.29, 0.717) is 0 Å². The van der Waals surface area contributed by atoms with Crippen molar-refractivity contribution in [1.82, 2.24) is 0 Å². The van der Waals surface area contributed by atoms with E-state index in [0.717, 1.165) is 18.2 Å². The van der Waals surface area contributed by atoms with Gasteiger partial charge in [-0.2, -0.15) is 0 Å². The molecule has 0 radical (unpaired) electrons. The molecular formula is C14H11F3N2O. The molecule has 0 atom stereocenters. The number of carbonyl (C=O) groups excluding carboxylic acids is 1. The zero-order valence-electron chi connectivity index (χ0n) is 10.5. The molecule has 2 aromatic rings. The molecule has 20 heavy (non-hydrogen) atoms. The van der Waals surface area contributed by atoms with Crippen LogP contribution in [0.25, 0.3) is 0 Å². The Morgan fingerprint density at radius 3 is 2.25 bits per heavy atom. The first-order valence-electron chi connectivity index (χ1n) is 5.75. The molecule has 0 aromatic heterocycles. The molecule has 0 unspecified atom stereocenters. The Hall–Kier alpha value is -2.50. The van der Waals surface area contributed by atoms with E-state index in [2.05, 4.69) is 10.6 Å². The largest absolute Gasteiger partial charge is 0.383 e. The van der Waals surface area contributed by atoms with Gasteiger partial charge in [-0.25, -0.2) is 13.2 Å². The summed E-state index contributed by atoms with van der Waals surface area (Å²) in [4.78, 5) is 11.8. The summed E-state index contributed by atoms with van der Waals surface area (Å²) in [6.07, 6.45) is 0. The summed E-state index contributed by atoms with van der Waals surface area (Å²) in [5, 5.41) is 4.71. The van der Waals surface area contributed by atoms with Crippen LogP contribution in [0.4, 0.5) is 24.5 Å². The van der Waals surface area contributed by atoms with Gasteiger partial charge in [0.25, 0.3) is 5.91 Å². The van der Waals surface area contributed by atoms with Crippen LogP contribution in [0.3, 0.4) is 0 Å². The molecule has 104 valence electrons. The SMILES string of the molecule is CNc1c(F)cc(C(=O)Nc2cccc(F)c2)cc1F. The van der Waals surface area contributed by atoms with Crippen LogP contribution < -0.4 is 10.6 Å². The summed E-state index contributed by atoms with van der Waals surface area (Å²) in [6, 6.07) is 7.02. The lowest BCUT2D eigenvalue weighted by atomic mass is 10.1. The molecule has 0 aliphatic carbocycles. The molecule has 3 nitrogen and oxygen atoms in total. The topological polar surface area (TPSA) is 41.1 Å². The van der Waals surface area contributed by atoms with Crippen LogP contribution in [0.15, 0.2) is 36.4 Å². The average Bonchev–Trinajstić information content (AvgIpc) is 2.38. The highest BCUT2D eigenvalue weighted by Gasteiger charge is 2.14. The van der Waals surface area contributed by atoms with Gasteiger partial charge in [0.2, 0.25) is 0 Å². The zero-order chi connectivity index (χ0) is 14.7. The number of hydrogen-bond acceptors (Lipinski definition) is 2. The average molecular weight is 280 g/mol. The molecule has 1 amide bonds. The lowest BCUT2D eigenvalue weighted by Gasteiger charge is -2.08. The Balaban J connectivity index is 2.26. The van der Waals surface area contributed by atoms with Gasteiger partial charge in [-0.05, 0) is 30.3 Å². The molecule has 2 N–H and O–H groups in total. The number of nitrogens with one attached hydrogen (secondary N) is 2. The highest BCUT2D eigenvalue weighted by molar-refractivity contribution is 6.04. The van der Waals surface area contributed by atoms with Crippen LogP contribution in [-0.2, 0) is 0 Å². The summed E-state index contributed by atoms with van der Waals surface area (Å²) in [6.45, 7) is 0. The molecule has 6 heteroatoms. The molecule has 2 rings (SSSR count). The molecule has 0 aliphatic rings. The van der Waals surface area contributed by atoms with E-state index >= 15 is 0 Å². The number of amides is 1. The van der Waals surface area contributed by atoms with Gasteiger partial charge in [0, 0.05) is 18.3 Å². The molecule has 0 bridgehead atoms. The fourth-order valence-electron chi connectivity index (χ4n) is 1.71. The monoisotopic (exact) mass is 280 g/mol. The minimum absolute atomic E-state index is 0.191. The minimum atomic E-state index is -0.878. The second-order valence-corrected chi connectivity index (χ2v) is 4.03. The van der Waals surface area contributed by atoms with Crippen molar-refractivity contribution in [3.63, 3.8) is 0 Å². The van der Waals surface area contributed by atoms with Crippen LogP contribution in [0, 0.1) is 17.5 Å². The maximum atomic E-state index is 13.5. The number of benzene rings is 2. The van der Waals surface area contributed by atoms with Crippen molar-refractivity contribution in [1.29, 1.82) is 0 Å². The highest BCUT2D eigenvalue weighted by Crippen LogP contribution is 2.21.